The maximum atomic E-state index is 5.96. The largest absolute Gasteiger partial charge is 0.494 e. The van der Waals surface area contributed by atoms with Crippen molar-refractivity contribution in [2.45, 2.75) is 52.8 Å². The number of ether oxygens (including phenoxy) is 2. The summed E-state index contributed by atoms with van der Waals surface area (Å²) in [5, 5.41) is 7.02. The first-order valence-electron chi connectivity index (χ1n) is 11.7. The molecule has 0 saturated carbocycles. The normalized spacial score (nSPS) is 20.3. The number of likely N-dealkylation sites (N-methyl/N-ethyl adjacent to an activating group) is 1. The Labute approximate surface area is 211 Å². The first-order valence-corrected chi connectivity index (χ1v) is 11.7. The van der Waals surface area contributed by atoms with Crippen molar-refractivity contribution in [3.8, 4) is 11.5 Å². The Bertz CT molecular complexity index is 750. The maximum Gasteiger partial charge on any atom is 0.191 e. The molecule has 3 rings (SSSR count). The Morgan fingerprint density at radius 2 is 1.94 bits per heavy atom. The molecule has 1 aromatic carbocycles. The number of nitrogens with one attached hydrogen (secondary N) is 2. The van der Waals surface area contributed by atoms with Crippen LogP contribution in [-0.2, 0) is 13.0 Å². The second-order valence-electron chi connectivity index (χ2n) is 9.09. The molecule has 1 fully saturated rings. The summed E-state index contributed by atoms with van der Waals surface area (Å²) in [6.45, 7) is 15.4. The molecule has 0 aromatic heterocycles. The van der Waals surface area contributed by atoms with Crippen LogP contribution in [-0.4, -0.2) is 81.3 Å². The summed E-state index contributed by atoms with van der Waals surface area (Å²) in [4.78, 5) is 9.46. The smallest absolute Gasteiger partial charge is 0.191 e. The van der Waals surface area contributed by atoms with Gasteiger partial charge in [0.15, 0.2) is 5.96 Å². The Morgan fingerprint density at radius 1 is 1.22 bits per heavy atom. The molecule has 2 atom stereocenters. The maximum absolute atomic E-state index is 5.96. The van der Waals surface area contributed by atoms with Crippen molar-refractivity contribution in [1.29, 1.82) is 0 Å². The minimum absolute atomic E-state index is 0. The van der Waals surface area contributed by atoms with E-state index in [1.165, 1.54) is 5.56 Å². The summed E-state index contributed by atoms with van der Waals surface area (Å²) >= 11 is 0. The molecular formula is C24H42IN5O2. The monoisotopic (exact) mass is 559 g/mol. The quantitative estimate of drug-likeness (QED) is 0.290. The highest BCUT2D eigenvalue weighted by Crippen LogP contribution is 2.35. The fourth-order valence-electron chi connectivity index (χ4n) is 4.45. The van der Waals surface area contributed by atoms with Gasteiger partial charge < -0.3 is 25.0 Å². The molecule has 0 aliphatic carbocycles. The number of benzene rings is 1. The number of piperazine rings is 1. The van der Waals surface area contributed by atoms with Crippen molar-refractivity contribution in [3.05, 3.63) is 23.3 Å². The molecule has 0 bridgehead atoms. The number of fused-ring (bicyclic) bond motifs is 1. The summed E-state index contributed by atoms with van der Waals surface area (Å²) in [5.74, 6) is 3.30. The van der Waals surface area contributed by atoms with Gasteiger partial charge in [-0.05, 0) is 38.9 Å². The highest BCUT2D eigenvalue weighted by atomic mass is 127. The van der Waals surface area contributed by atoms with E-state index < -0.39 is 0 Å². The van der Waals surface area contributed by atoms with E-state index >= 15 is 0 Å². The average Bonchev–Trinajstić information content (AvgIpc) is 3.10. The van der Waals surface area contributed by atoms with Crippen LogP contribution in [0.15, 0.2) is 17.1 Å². The lowest BCUT2D eigenvalue weighted by Gasteiger charge is -2.40. The molecule has 182 valence electrons. The van der Waals surface area contributed by atoms with Crippen LogP contribution in [0.3, 0.4) is 0 Å². The van der Waals surface area contributed by atoms with E-state index in [0.29, 0.717) is 25.1 Å². The number of halogens is 1. The molecule has 2 unspecified atom stereocenters. The predicted octanol–water partition coefficient (Wildman–Crippen LogP) is 2.96. The van der Waals surface area contributed by atoms with Crippen molar-refractivity contribution in [2.75, 3.05) is 53.4 Å². The minimum Gasteiger partial charge on any atom is -0.494 e. The number of rotatable bonds is 8. The minimum atomic E-state index is 0. The molecule has 2 heterocycles. The van der Waals surface area contributed by atoms with Gasteiger partial charge in [0.2, 0.25) is 0 Å². The van der Waals surface area contributed by atoms with Crippen LogP contribution >= 0.6 is 24.0 Å². The zero-order valence-electron chi connectivity index (χ0n) is 20.6. The van der Waals surface area contributed by atoms with E-state index in [4.69, 9.17) is 9.47 Å². The molecular weight excluding hydrogens is 517 g/mol. The lowest BCUT2D eigenvalue weighted by atomic mass is 10.0. The summed E-state index contributed by atoms with van der Waals surface area (Å²) < 4.78 is 11.9. The molecule has 2 N–H and O–H groups in total. The van der Waals surface area contributed by atoms with Crippen LogP contribution in [0.25, 0.3) is 0 Å². The standard InChI is InChI=1S/C24H41N5O2.HI/c1-7-30-22-13-19-12-18(4)31-23(19)14-20(22)15-26-24(25-5)27-16-21(17(2)3)29-10-8-28(6)9-11-29;/h13-14,17-18,21H,7-12,15-16H2,1-6H3,(H2,25,26,27);1H. The van der Waals surface area contributed by atoms with Crippen LogP contribution in [0, 0.1) is 5.92 Å². The van der Waals surface area contributed by atoms with Crippen LogP contribution in [0.4, 0.5) is 0 Å². The van der Waals surface area contributed by atoms with Gasteiger partial charge in [-0.25, -0.2) is 0 Å². The summed E-state index contributed by atoms with van der Waals surface area (Å²) in [6.07, 6.45) is 1.17. The predicted molar refractivity (Wildman–Crippen MR) is 143 cm³/mol. The van der Waals surface area contributed by atoms with Crippen molar-refractivity contribution < 1.29 is 9.47 Å². The van der Waals surface area contributed by atoms with E-state index in [1.807, 2.05) is 14.0 Å². The molecule has 1 saturated heterocycles. The van der Waals surface area contributed by atoms with E-state index in [0.717, 1.165) is 62.2 Å². The molecule has 0 radical (unpaired) electrons. The van der Waals surface area contributed by atoms with Crippen molar-refractivity contribution >= 4 is 29.9 Å². The van der Waals surface area contributed by atoms with E-state index in [2.05, 4.69) is 65.4 Å². The topological polar surface area (TPSA) is 61.4 Å². The zero-order chi connectivity index (χ0) is 22.4. The number of aliphatic imine (C=N–C) groups is 1. The third kappa shape index (κ3) is 7.12. The first-order chi connectivity index (χ1) is 14.9. The molecule has 1 aromatic rings. The van der Waals surface area contributed by atoms with E-state index in [1.54, 1.807) is 0 Å². The number of nitrogens with zero attached hydrogens (tertiary/aromatic N) is 3. The molecule has 0 spiro atoms. The Kier molecular flexibility index (Phi) is 10.8. The fraction of sp³-hybridized carbons (Fsp3) is 0.708. The van der Waals surface area contributed by atoms with Gasteiger partial charge in [0.05, 0.1) is 6.61 Å². The number of hydrogen-bond donors (Lipinski definition) is 2. The van der Waals surface area contributed by atoms with Gasteiger partial charge in [0.1, 0.15) is 17.6 Å². The van der Waals surface area contributed by atoms with Gasteiger partial charge in [0, 0.05) is 69.9 Å². The van der Waals surface area contributed by atoms with Crippen molar-refractivity contribution in [1.82, 2.24) is 20.4 Å². The second-order valence-corrected chi connectivity index (χ2v) is 9.09. The van der Waals surface area contributed by atoms with E-state index in [-0.39, 0.29) is 30.1 Å². The second kappa shape index (κ2) is 12.8. The summed E-state index contributed by atoms with van der Waals surface area (Å²) in [5.41, 5.74) is 2.33. The lowest BCUT2D eigenvalue weighted by molar-refractivity contribution is 0.0900. The van der Waals surface area contributed by atoms with Gasteiger partial charge in [0.25, 0.3) is 0 Å². The van der Waals surface area contributed by atoms with Crippen LogP contribution < -0.4 is 20.1 Å². The van der Waals surface area contributed by atoms with Crippen molar-refractivity contribution in [3.63, 3.8) is 0 Å². The average molecular weight is 560 g/mol. The molecule has 32 heavy (non-hydrogen) atoms. The number of guanidine groups is 1. The van der Waals surface area contributed by atoms with Crippen LogP contribution in [0.2, 0.25) is 0 Å². The first kappa shape index (κ1) is 27.0. The van der Waals surface area contributed by atoms with Gasteiger partial charge >= 0.3 is 0 Å². The third-order valence-electron chi connectivity index (χ3n) is 6.30. The Morgan fingerprint density at radius 3 is 2.56 bits per heavy atom. The molecule has 8 heteroatoms. The highest BCUT2D eigenvalue weighted by Gasteiger charge is 2.25. The molecule has 0 amide bonds. The fourth-order valence-corrected chi connectivity index (χ4v) is 4.45. The highest BCUT2D eigenvalue weighted by molar-refractivity contribution is 14.0. The molecule has 2 aliphatic heterocycles. The van der Waals surface area contributed by atoms with Gasteiger partial charge in [-0.1, -0.05) is 13.8 Å². The molecule has 2 aliphatic rings. The molecule has 7 nitrogen and oxygen atoms in total. The zero-order valence-corrected chi connectivity index (χ0v) is 22.9. The van der Waals surface area contributed by atoms with Gasteiger partial charge in [-0.2, -0.15) is 0 Å². The van der Waals surface area contributed by atoms with Crippen LogP contribution in [0.1, 0.15) is 38.8 Å². The number of hydrogen-bond acceptors (Lipinski definition) is 5. The third-order valence-corrected chi connectivity index (χ3v) is 6.30. The SMILES string of the molecule is CCOc1cc2c(cc1CNC(=NC)NCC(C(C)C)N1CCN(C)CC1)OC(C)C2.I. The van der Waals surface area contributed by atoms with Gasteiger partial charge in [-0.3, -0.25) is 9.89 Å². The van der Waals surface area contributed by atoms with E-state index in [9.17, 15) is 0 Å². The summed E-state index contributed by atoms with van der Waals surface area (Å²) in [7, 11) is 4.03. The lowest BCUT2D eigenvalue weighted by Crippen LogP contribution is -2.55. The van der Waals surface area contributed by atoms with Crippen LogP contribution in [0.5, 0.6) is 11.5 Å². The summed E-state index contributed by atoms with van der Waals surface area (Å²) in [6, 6.07) is 4.74. The Hall–Kier alpha value is -1.26. The Balaban J connectivity index is 0.00000363. The van der Waals surface area contributed by atoms with Crippen molar-refractivity contribution in [2.24, 2.45) is 10.9 Å². The van der Waals surface area contributed by atoms with Gasteiger partial charge in [-0.15, -0.1) is 24.0 Å².